The van der Waals surface area contributed by atoms with Gasteiger partial charge in [0, 0.05) is 17.1 Å². The van der Waals surface area contributed by atoms with E-state index in [9.17, 15) is 4.79 Å². The molecule has 0 bridgehead atoms. The summed E-state index contributed by atoms with van der Waals surface area (Å²) in [6.45, 7) is 0.529. The summed E-state index contributed by atoms with van der Waals surface area (Å²) in [5.41, 5.74) is 1.57. The molecule has 0 spiro atoms. The average Bonchev–Trinajstić information content (AvgIpc) is 2.71. The predicted octanol–water partition coefficient (Wildman–Crippen LogP) is 2.06. The minimum Gasteiger partial charge on any atom is -0.465 e. The Bertz CT molecular complexity index is 575. The molecule has 0 N–H and O–H groups in total. The van der Waals surface area contributed by atoms with E-state index < -0.39 is 0 Å². The first kappa shape index (κ1) is 10.3. The van der Waals surface area contributed by atoms with Crippen LogP contribution in [0.15, 0.2) is 30.5 Å². The van der Waals surface area contributed by atoms with Crippen molar-refractivity contribution in [3.05, 3.63) is 36.0 Å². The third-order valence-electron chi connectivity index (χ3n) is 2.45. The van der Waals surface area contributed by atoms with E-state index in [1.165, 1.54) is 7.11 Å². The zero-order valence-electron chi connectivity index (χ0n) is 8.93. The molecule has 3 heteroatoms. The summed E-state index contributed by atoms with van der Waals surface area (Å²) in [5, 5.41) is 0.984. The van der Waals surface area contributed by atoms with Crippen molar-refractivity contribution in [1.29, 1.82) is 0 Å². The first-order chi connectivity index (χ1) is 7.76. The van der Waals surface area contributed by atoms with Crippen LogP contribution in [-0.4, -0.2) is 17.6 Å². The maximum Gasteiger partial charge on any atom is 0.337 e. The van der Waals surface area contributed by atoms with Gasteiger partial charge in [0.05, 0.1) is 19.2 Å². The number of esters is 1. The highest BCUT2D eigenvalue weighted by Gasteiger charge is 2.07. The van der Waals surface area contributed by atoms with Crippen LogP contribution in [0.2, 0.25) is 0 Å². The number of hydrogen-bond acceptors (Lipinski definition) is 2. The van der Waals surface area contributed by atoms with Gasteiger partial charge in [-0.25, -0.2) is 4.79 Å². The quantitative estimate of drug-likeness (QED) is 0.564. The Morgan fingerprint density at radius 2 is 2.31 bits per heavy atom. The number of methoxy groups -OCH3 is 1. The van der Waals surface area contributed by atoms with E-state index >= 15 is 0 Å². The lowest BCUT2D eigenvalue weighted by molar-refractivity contribution is 0.0601. The van der Waals surface area contributed by atoms with Gasteiger partial charge in [0.15, 0.2) is 0 Å². The molecule has 0 aliphatic heterocycles. The Kier molecular flexibility index (Phi) is 2.65. The third-order valence-corrected chi connectivity index (χ3v) is 2.45. The van der Waals surface area contributed by atoms with Gasteiger partial charge in [-0.3, -0.25) is 0 Å². The van der Waals surface area contributed by atoms with Crippen molar-refractivity contribution in [3.63, 3.8) is 0 Å². The van der Waals surface area contributed by atoms with Crippen LogP contribution in [0.25, 0.3) is 10.9 Å². The zero-order valence-corrected chi connectivity index (χ0v) is 8.93. The molecular weight excluding hydrogens is 202 g/mol. The van der Waals surface area contributed by atoms with Gasteiger partial charge in [-0.2, -0.15) is 0 Å². The fourth-order valence-electron chi connectivity index (χ4n) is 1.68. The number of nitrogens with zero attached hydrogens (tertiary/aromatic N) is 1. The second-order valence-corrected chi connectivity index (χ2v) is 3.41. The molecule has 1 aromatic carbocycles. The number of aromatic nitrogens is 1. The number of terminal acetylenes is 1. The molecule has 80 valence electrons. The summed E-state index contributed by atoms with van der Waals surface area (Å²) in [5.74, 6) is 2.25. The number of ether oxygens (including phenoxy) is 1. The standard InChI is InChI=1S/C13H11NO2/c1-3-7-14-8-6-10-9-11(13(15)16-2)4-5-12(10)14/h1,4-6,8-9H,7H2,2H3. The topological polar surface area (TPSA) is 31.2 Å². The van der Waals surface area contributed by atoms with Gasteiger partial charge >= 0.3 is 5.97 Å². The van der Waals surface area contributed by atoms with Crippen LogP contribution >= 0.6 is 0 Å². The summed E-state index contributed by atoms with van der Waals surface area (Å²) in [6, 6.07) is 7.34. The van der Waals surface area contributed by atoms with Crippen LogP contribution in [0.4, 0.5) is 0 Å². The molecule has 0 radical (unpaired) electrons. The van der Waals surface area contributed by atoms with Crippen molar-refractivity contribution in [2.24, 2.45) is 0 Å². The number of rotatable bonds is 2. The fraction of sp³-hybridized carbons (Fsp3) is 0.154. The molecule has 0 saturated carbocycles. The summed E-state index contributed by atoms with van der Waals surface area (Å²) in [4.78, 5) is 11.3. The highest BCUT2D eigenvalue weighted by molar-refractivity contribution is 5.94. The minimum absolute atomic E-state index is 0.327. The molecule has 1 aromatic heterocycles. The summed E-state index contributed by atoms with van der Waals surface area (Å²) < 4.78 is 6.62. The van der Waals surface area contributed by atoms with Crippen molar-refractivity contribution in [3.8, 4) is 12.3 Å². The predicted molar refractivity (Wildman–Crippen MR) is 62.1 cm³/mol. The Balaban J connectivity index is 2.49. The molecule has 0 unspecified atom stereocenters. The van der Waals surface area contributed by atoms with E-state index in [-0.39, 0.29) is 5.97 Å². The smallest absolute Gasteiger partial charge is 0.337 e. The van der Waals surface area contributed by atoms with Crippen molar-refractivity contribution >= 4 is 16.9 Å². The Morgan fingerprint density at radius 1 is 1.50 bits per heavy atom. The van der Waals surface area contributed by atoms with E-state index in [0.717, 1.165) is 10.9 Å². The van der Waals surface area contributed by atoms with Crippen LogP contribution < -0.4 is 0 Å². The maximum absolute atomic E-state index is 11.3. The Hall–Kier alpha value is -2.21. The van der Waals surface area contributed by atoms with E-state index in [2.05, 4.69) is 10.7 Å². The van der Waals surface area contributed by atoms with Crippen molar-refractivity contribution in [1.82, 2.24) is 4.57 Å². The number of carbonyl (C=O) groups excluding carboxylic acids is 1. The Labute approximate surface area is 93.6 Å². The molecule has 1 heterocycles. The number of carbonyl (C=O) groups is 1. The van der Waals surface area contributed by atoms with Gasteiger partial charge < -0.3 is 9.30 Å². The summed E-state index contributed by atoms with van der Waals surface area (Å²) in [6.07, 6.45) is 7.17. The lowest BCUT2D eigenvalue weighted by Crippen LogP contribution is -2.00. The van der Waals surface area contributed by atoms with Gasteiger partial charge in [-0.1, -0.05) is 5.92 Å². The van der Waals surface area contributed by atoms with Crippen molar-refractivity contribution < 1.29 is 9.53 Å². The second-order valence-electron chi connectivity index (χ2n) is 3.41. The molecule has 0 aliphatic carbocycles. The number of fused-ring (bicyclic) bond motifs is 1. The van der Waals surface area contributed by atoms with E-state index in [1.54, 1.807) is 12.1 Å². The van der Waals surface area contributed by atoms with Gasteiger partial charge in [0.25, 0.3) is 0 Å². The molecule has 0 fully saturated rings. The Morgan fingerprint density at radius 3 is 3.00 bits per heavy atom. The van der Waals surface area contributed by atoms with Gasteiger partial charge in [0.1, 0.15) is 0 Å². The van der Waals surface area contributed by atoms with Gasteiger partial charge in [0.2, 0.25) is 0 Å². The van der Waals surface area contributed by atoms with E-state index in [4.69, 9.17) is 6.42 Å². The van der Waals surface area contributed by atoms with Gasteiger partial charge in [-0.15, -0.1) is 6.42 Å². The number of hydrogen-bond donors (Lipinski definition) is 0. The molecular formula is C13H11NO2. The van der Waals surface area contributed by atoms with Crippen LogP contribution in [0, 0.1) is 12.3 Å². The minimum atomic E-state index is -0.327. The third kappa shape index (κ3) is 1.66. The van der Waals surface area contributed by atoms with Crippen LogP contribution in [0.5, 0.6) is 0 Å². The van der Waals surface area contributed by atoms with E-state index in [0.29, 0.717) is 12.1 Å². The maximum atomic E-state index is 11.3. The van der Waals surface area contributed by atoms with Crippen LogP contribution in [-0.2, 0) is 11.3 Å². The van der Waals surface area contributed by atoms with Crippen LogP contribution in [0.3, 0.4) is 0 Å². The molecule has 0 amide bonds. The monoisotopic (exact) mass is 213 g/mol. The SMILES string of the molecule is C#CCn1ccc2cc(C(=O)OC)ccc21. The molecule has 2 rings (SSSR count). The molecule has 0 atom stereocenters. The highest BCUT2D eigenvalue weighted by Crippen LogP contribution is 2.18. The zero-order chi connectivity index (χ0) is 11.5. The normalized spacial score (nSPS) is 10.0. The van der Waals surface area contributed by atoms with Crippen molar-refractivity contribution in [2.75, 3.05) is 7.11 Å². The first-order valence-corrected chi connectivity index (χ1v) is 4.87. The highest BCUT2D eigenvalue weighted by atomic mass is 16.5. The molecule has 3 nitrogen and oxygen atoms in total. The summed E-state index contributed by atoms with van der Waals surface area (Å²) >= 11 is 0. The van der Waals surface area contributed by atoms with Crippen molar-refractivity contribution in [2.45, 2.75) is 6.54 Å². The van der Waals surface area contributed by atoms with Gasteiger partial charge in [-0.05, 0) is 24.3 Å². The molecule has 0 saturated heterocycles. The van der Waals surface area contributed by atoms with Crippen LogP contribution in [0.1, 0.15) is 10.4 Å². The second kappa shape index (κ2) is 4.11. The lowest BCUT2D eigenvalue weighted by atomic mass is 10.1. The first-order valence-electron chi connectivity index (χ1n) is 4.87. The molecule has 0 aliphatic rings. The largest absolute Gasteiger partial charge is 0.465 e. The lowest BCUT2D eigenvalue weighted by Gasteiger charge is -2.02. The molecule has 2 aromatic rings. The molecule has 16 heavy (non-hydrogen) atoms. The fourth-order valence-corrected chi connectivity index (χ4v) is 1.68. The summed E-state index contributed by atoms with van der Waals surface area (Å²) in [7, 11) is 1.37. The van der Waals surface area contributed by atoms with E-state index in [1.807, 2.05) is 22.9 Å². The average molecular weight is 213 g/mol. The number of benzene rings is 1.